The molecule has 0 saturated carbocycles. The topological polar surface area (TPSA) is 33.2 Å². The number of rotatable bonds is 2. The first kappa shape index (κ1) is 14.7. The van der Waals surface area contributed by atoms with Crippen molar-refractivity contribution in [2.45, 2.75) is 19.8 Å². The number of hydrogen-bond acceptors (Lipinski definition) is 2. The number of likely N-dealkylation sites (tertiary alicyclic amines) is 1. The van der Waals surface area contributed by atoms with Crippen molar-refractivity contribution in [1.82, 2.24) is 9.88 Å². The molecule has 0 N–H and O–H groups in total. The van der Waals surface area contributed by atoms with E-state index >= 15 is 0 Å². The minimum absolute atomic E-state index is 0.0161. The Bertz CT molecular complexity index is 684. The van der Waals surface area contributed by atoms with Crippen LogP contribution in [0.5, 0.6) is 0 Å². The van der Waals surface area contributed by atoms with Crippen LogP contribution in [0.25, 0.3) is 0 Å². The van der Waals surface area contributed by atoms with Crippen LogP contribution >= 0.6 is 0 Å². The molecule has 0 spiro atoms. The average molecular weight is 298 g/mol. The van der Waals surface area contributed by atoms with Crippen molar-refractivity contribution in [3.05, 3.63) is 65.7 Å². The van der Waals surface area contributed by atoms with Crippen molar-refractivity contribution < 1.29 is 9.18 Å². The van der Waals surface area contributed by atoms with Gasteiger partial charge in [-0.2, -0.15) is 0 Å². The summed E-state index contributed by atoms with van der Waals surface area (Å²) in [6.07, 6.45) is 2.53. The minimum Gasteiger partial charge on any atom is -0.337 e. The molecule has 0 unspecified atom stereocenters. The van der Waals surface area contributed by atoms with Gasteiger partial charge in [0.1, 0.15) is 5.82 Å². The molecule has 0 bridgehead atoms. The predicted molar refractivity (Wildman–Crippen MR) is 83.1 cm³/mol. The lowest BCUT2D eigenvalue weighted by Crippen LogP contribution is -2.30. The molecule has 1 amide bonds. The van der Waals surface area contributed by atoms with Crippen molar-refractivity contribution in [3.63, 3.8) is 0 Å². The van der Waals surface area contributed by atoms with E-state index in [-0.39, 0.29) is 17.2 Å². The fourth-order valence-corrected chi connectivity index (χ4v) is 3.24. The Kier molecular flexibility index (Phi) is 3.69. The maximum atomic E-state index is 13.3. The molecule has 1 atom stereocenters. The van der Waals surface area contributed by atoms with Crippen LogP contribution in [0.3, 0.4) is 0 Å². The van der Waals surface area contributed by atoms with Crippen LogP contribution in [-0.4, -0.2) is 28.9 Å². The van der Waals surface area contributed by atoms with Gasteiger partial charge in [-0.1, -0.05) is 44.2 Å². The molecule has 3 rings (SSSR count). The molecule has 22 heavy (non-hydrogen) atoms. The Balaban J connectivity index is 1.84. The van der Waals surface area contributed by atoms with E-state index in [9.17, 15) is 9.18 Å². The van der Waals surface area contributed by atoms with Crippen molar-refractivity contribution in [2.24, 2.45) is 5.41 Å². The molecule has 3 nitrogen and oxygen atoms in total. The largest absolute Gasteiger partial charge is 0.337 e. The zero-order valence-electron chi connectivity index (χ0n) is 12.8. The van der Waals surface area contributed by atoms with Gasteiger partial charge in [0.25, 0.3) is 5.91 Å². The van der Waals surface area contributed by atoms with Crippen molar-refractivity contribution >= 4 is 5.91 Å². The van der Waals surface area contributed by atoms with Gasteiger partial charge >= 0.3 is 0 Å². The Labute approximate surface area is 129 Å². The first-order valence-corrected chi connectivity index (χ1v) is 7.42. The van der Waals surface area contributed by atoms with Crippen molar-refractivity contribution in [1.29, 1.82) is 0 Å². The lowest BCUT2D eigenvalue weighted by Gasteiger charge is -2.25. The van der Waals surface area contributed by atoms with Gasteiger partial charge < -0.3 is 4.90 Å². The highest BCUT2D eigenvalue weighted by atomic mass is 19.1. The number of aromatic nitrogens is 1. The third-order valence-electron chi connectivity index (χ3n) is 4.39. The summed E-state index contributed by atoms with van der Waals surface area (Å²) in [5.74, 6) is -0.360. The smallest absolute Gasteiger partial charge is 0.255 e. The van der Waals surface area contributed by atoms with Crippen molar-refractivity contribution in [2.75, 3.05) is 13.1 Å². The number of pyridine rings is 1. The molecule has 1 aromatic heterocycles. The second-order valence-electron chi connectivity index (χ2n) is 6.53. The van der Waals surface area contributed by atoms with Gasteiger partial charge in [0, 0.05) is 25.2 Å². The molecule has 1 aliphatic heterocycles. The molecule has 1 saturated heterocycles. The van der Waals surface area contributed by atoms with Gasteiger partial charge in [0.2, 0.25) is 0 Å². The fraction of sp³-hybridized carbons (Fsp3) is 0.333. The fourth-order valence-electron chi connectivity index (χ4n) is 3.24. The standard InChI is InChI=1S/C18H19FN2O/c1-18(2)12-21(11-16(18)13-6-4-3-5-7-13)17(22)14-8-15(19)10-20-9-14/h3-10,16H,11-12H2,1-2H3/t16-/m0/s1. The number of carbonyl (C=O) groups excluding carboxylic acids is 1. The maximum Gasteiger partial charge on any atom is 0.255 e. The van der Waals surface area contributed by atoms with Crippen molar-refractivity contribution in [3.8, 4) is 0 Å². The lowest BCUT2D eigenvalue weighted by atomic mass is 9.78. The number of halogens is 1. The first-order chi connectivity index (χ1) is 10.5. The van der Waals surface area contributed by atoms with Gasteiger partial charge in [-0.05, 0) is 17.0 Å². The Morgan fingerprint density at radius 3 is 2.68 bits per heavy atom. The Hall–Kier alpha value is -2.23. The second kappa shape index (κ2) is 5.52. The predicted octanol–water partition coefficient (Wildman–Crippen LogP) is 3.49. The van der Waals surface area contributed by atoms with E-state index in [0.29, 0.717) is 18.7 Å². The summed E-state index contributed by atoms with van der Waals surface area (Å²) in [6.45, 7) is 5.64. The lowest BCUT2D eigenvalue weighted by molar-refractivity contribution is 0.0777. The number of benzene rings is 1. The highest BCUT2D eigenvalue weighted by Gasteiger charge is 2.42. The Morgan fingerprint density at radius 1 is 1.27 bits per heavy atom. The summed E-state index contributed by atoms with van der Waals surface area (Å²) in [6, 6.07) is 11.5. The average Bonchev–Trinajstić information content (AvgIpc) is 2.83. The molecule has 114 valence electrons. The number of nitrogens with zero attached hydrogens (tertiary/aromatic N) is 2. The third-order valence-corrected chi connectivity index (χ3v) is 4.39. The van der Waals surface area contributed by atoms with E-state index in [2.05, 4.69) is 31.0 Å². The number of carbonyl (C=O) groups is 1. The van der Waals surface area contributed by atoms with Crippen LogP contribution in [0, 0.1) is 11.2 Å². The molecule has 0 aliphatic carbocycles. The summed E-state index contributed by atoms with van der Waals surface area (Å²) in [4.78, 5) is 18.2. The Morgan fingerprint density at radius 2 is 2.00 bits per heavy atom. The zero-order valence-corrected chi connectivity index (χ0v) is 12.8. The second-order valence-corrected chi connectivity index (χ2v) is 6.53. The van der Waals surface area contributed by atoms with Gasteiger partial charge in [-0.25, -0.2) is 4.39 Å². The van der Waals surface area contributed by atoms with E-state index in [1.807, 2.05) is 18.2 Å². The SMILES string of the molecule is CC1(C)CN(C(=O)c2cncc(F)c2)C[C@H]1c1ccccc1. The van der Waals surface area contributed by atoms with E-state index in [1.165, 1.54) is 17.8 Å². The van der Waals surface area contributed by atoms with E-state index in [1.54, 1.807) is 4.90 Å². The highest BCUT2D eigenvalue weighted by molar-refractivity contribution is 5.94. The van der Waals surface area contributed by atoms with Crippen LogP contribution < -0.4 is 0 Å². The summed E-state index contributed by atoms with van der Waals surface area (Å²) in [7, 11) is 0. The molecule has 4 heteroatoms. The quantitative estimate of drug-likeness (QED) is 0.850. The van der Waals surface area contributed by atoms with E-state index in [0.717, 1.165) is 6.20 Å². The maximum absolute atomic E-state index is 13.3. The minimum atomic E-state index is -0.482. The van der Waals surface area contributed by atoms with Crippen LogP contribution in [0.1, 0.15) is 35.7 Å². The van der Waals surface area contributed by atoms with E-state index in [4.69, 9.17) is 0 Å². The van der Waals surface area contributed by atoms with Gasteiger partial charge in [-0.15, -0.1) is 0 Å². The van der Waals surface area contributed by atoms with Crippen LogP contribution in [0.15, 0.2) is 48.8 Å². The zero-order chi connectivity index (χ0) is 15.7. The summed E-state index contributed by atoms with van der Waals surface area (Å²) < 4.78 is 13.3. The van der Waals surface area contributed by atoms with Crippen LogP contribution in [0.4, 0.5) is 4.39 Å². The molecular weight excluding hydrogens is 279 g/mol. The first-order valence-electron chi connectivity index (χ1n) is 7.42. The molecule has 1 aliphatic rings. The number of hydrogen-bond donors (Lipinski definition) is 0. The summed E-state index contributed by atoms with van der Waals surface area (Å²) in [5.41, 5.74) is 1.53. The molecule has 1 aromatic carbocycles. The third kappa shape index (κ3) is 2.73. The summed E-state index contributed by atoms with van der Waals surface area (Å²) >= 11 is 0. The van der Waals surface area contributed by atoms with Gasteiger partial charge in [-0.3, -0.25) is 9.78 Å². The highest BCUT2D eigenvalue weighted by Crippen LogP contribution is 2.42. The molecule has 0 radical (unpaired) electrons. The van der Waals surface area contributed by atoms with Gasteiger partial charge in [0.05, 0.1) is 11.8 Å². The molecule has 2 heterocycles. The normalized spacial score (nSPS) is 20.1. The number of amides is 1. The van der Waals surface area contributed by atoms with Gasteiger partial charge in [0.15, 0.2) is 0 Å². The molecule has 1 fully saturated rings. The molecule has 2 aromatic rings. The van der Waals surface area contributed by atoms with Crippen LogP contribution in [-0.2, 0) is 0 Å². The monoisotopic (exact) mass is 298 g/mol. The molecular formula is C18H19FN2O. The summed E-state index contributed by atoms with van der Waals surface area (Å²) in [5, 5.41) is 0. The van der Waals surface area contributed by atoms with Crippen LogP contribution in [0.2, 0.25) is 0 Å². The van der Waals surface area contributed by atoms with E-state index < -0.39 is 5.82 Å².